The molecular weight excluding hydrogens is 250 g/mol. The fraction of sp³-hybridized carbons (Fsp3) is 0.143. The Kier molecular flexibility index (Phi) is 4.07. The van der Waals surface area contributed by atoms with Gasteiger partial charge in [0.2, 0.25) is 0 Å². The maximum absolute atomic E-state index is 10.9. The summed E-state index contributed by atoms with van der Waals surface area (Å²) < 4.78 is 5.08. The second-order valence-corrected chi connectivity index (χ2v) is 4.26. The summed E-state index contributed by atoms with van der Waals surface area (Å²) in [4.78, 5) is 10.9. The second-order valence-electron chi connectivity index (χ2n) is 3.86. The predicted octanol–water partition coefficient (Wildman–Crippen LogP) is 4.55. The van der Waals surface area contributed by atoms with Crippen LogP contribution < -0.4 is 0 Å². The number of nitroso groups, excluding NO2 is 1. The monoisotopic (exact) mass is 261 g/mol. The van der Waals surface area contributed by atoms with Crippen LogP contribution >= 0.6 is 11.6 Å². The lowest BCUT2D eigenvalue weighted by atomic mass is 10.0. The van der Waals surface area contributed by atoms with Gasteiger partial charge in [-0.2, -0.15) is 0 Å². The minimum atomic E-state index is 0.378. The summed E-state index contributed by atoms with van der Waals surface area (Å²) in [6.45, 7) is 0.483. The quantitative estimate of drug-likeness (QED) is 0.757. The van der Waals surface area contributed by atoms with Crippen LogP contribution in [-0.2, 0) is 11.3 Å². The molecule has 0 unspecified atom stereocenters. The summed E-state index contributed by atoms with van der Waals surface area (Å²) in [5, 5.41) is 3.63. The summed E-state index contributed by atoms with van der Waals surface area (Å²) in [5.41, 5.74) is 2.87. The van der Waals surface area contributed by atoms with Crippen LogP contribution in [0.15, 0.2) is 47.6 Å². The first-order valence-electron chi connectivity index (χ1n) is 5.46. The zero-order valence-corrected chi connectivity index (χ0v) is 10.6. The van der Waals surface area contributed by atoms with Gasteiger partial charge in [-0.3, -0.25) is 0 Å². The van der Waals surface area contributed by atoms with E-state index in [9.17, 15) is 4.91 Å². The van der Waals surface area contributed by atoms with Gasteiger partial charge in [0.1, 0.15) is 5.69 Å². The van der Waals surface area contributed by atoms with Crippen molar-refractivity contribution < 1.29 is 4.74 Å². The van der Waals surface area contributed by atoms with Crippen LogP contribution in [0.2, 0.25) is 5.02 Å². The van der Waals surface area contributed by atoms with Crippen molar-refractivity contribution in [1.29, 1.82) is 0 Å². The zero-order chi connectivity index (χ0) is 13.0. The topological polar surface area (TPSA) is 38.7 Å². The summed E-state index contributed by atoms with van der Waals surface area (Å²) in [5.74, 6) is 0. The Morgan fingerprint density at radius 3 is 2.61 bits per heavy atom. The first-order valence-corrected chi connectivity index (χ1v) is 5.84. The first-order chi connectivity index (χ1) is 8.76. The molecule has 0 atom stereocenters. The van der Waals surface area contributed by atoms with E-state index in [1.165, 1.54) is 0 Å². The highest BCUT2D eigenvalue weighted by Crippen LogP contribution is 2.35. The Labute approximate surface area is 110 Å². The van der Waals surface area contributed by atoms with E-state index in [-0.39, 0.29) is 0 Å². The van der Waals surface area contributed by atoms with Crippen LogP contribution in [-0.4, -0.2) is 7.11 Å². The van der Waals surface area contributed by atoms with E-state index in [1.54, 1.807) is 19.2 Å². The van der Waals surface area contributed by atoms with Crippen molar-refractivity contribution in [1.82, 2.24) is 0 Å². The number of rotatable bonds is 4. The molecule has 0 aliphatic heterocycles. The van der Waals surface area contributed by atoms with E-state index < -0.39 is 0 Å². The lowest BCUT2D eigenvalue weighted by Gasteiger charge is -2.08. The number of nitrogens with zero attached hydrogens (tertiary/aromatic N) is 1. The third kappa shape index (κ3) is 2.58. The van der Waals surface area contributed by atoms with Gasteiger partial charge in [-0.05, 0) is 28.9 Å². The maximum atomic E-state index is 10.9. The van der Waals surface area contributed by atoms with E-state index in [0.29, 0.717) is 17.3 Å². The minimum absolute atomic E-state index is 0.378. The van der Waals surface area contributed by atoms with Crippen molar-refractivity contribution in [3.8, 4) is 11.1 Å². The molecule has 0 aromatic heterocycles. The lowest BCUT2D eigenvalue weighted by molar-refractivity contribution is 0.185. The summed E-state index contributed by atoms with van der Waals surface area (Å²) in [6.07, 6.45) is 0. The van der Waals surface area contributed by atoms with Crippen molar-refractivity contribution in [2.45, 2.75) is 6.61 Å². The Morgan fingerprint density at radius 1 is 1.17 bits per heavy atom. The van der Waals surface area contributed by atoms with Gasteiger partial charge in [0.15, 0.2) is 0 Å². The Balaban J connectivity index is 2.57. The van der Waals surface area contributed by atoms with Gasteiger partial charge in [-0.15, -0.1) is 4.91 Å². The molecule has 92 valence electrons. The molecule has 0 aliphatic rings. The smallest absolute Gasteiger partial charge is 0.115 e. The number of benzene rings is 2. The molecule has 0 aliphatic carbocycles. The fourth-order valence-corrected chi connectivity index (χ4v) is 2.05. The Hall–Kier alpha value is -1.71. The largest absolute Gasteiger partial charge is 0.380 e. The van der Waals surface area contributed by atoms with Crippen molar-refractivity contribution in [3.05, 3.63) is 58.0 Å². The van der Waals surface area contributed by atoms with Gasteiger partial charge in [0.25, 0.3) is 0 Å². The number of hydrogen-bond acceptors (Lipinski definition) is 3. The molecule has 3 nitrogen and oxygen atoms in total. The van der Waals surface area contributed by atoms with Crippen molar-refractivity contribution in [2.24, 2.45) is 5.18 Å². The minimum Gasteiger partial charge on any atom is -0.380 e. The van der Waals surface area contributed by atoms with Crippen LogP contribution in [0.1, 0.15) is 5.56 Å². The third-order valence-electron chi connectivity index (χ3n) is 2.63. The van der Waals surface area contributed by atoms with Crippen LogP contribution in [0.25, 0.3) is 11.1 Å². The highest BCUT2D eigenvalue weighted by atomic mass is 35.5. The van der Waals surface area contributed by atoms with Crippen molar-refractivity contribution >= 4 is 17.3 Å². The van der Waals surface area contributed by atoms with E-state index in [4.69, 9.17) is 16.3 Å². The molecule has 4 heteroatoms. The van der Waals surface area contributed by atoms with Crippen molar-refractivity contribution in [2.75, 3.05) is 7.11 Å². The molecule has 2 rings (SSSR count). The molecule has 2 aromatic rings. The fourth-order valence-electron chi connectivity index (χ4n) is 1.81. The Bertz CT molecular complexity index is 569. The van der Waals surface area contributed by atoms with Gasteiger partial charge in [0.05, 0.1) is 6.61 Å². The molecule has 18 heavy (non-hydrogen) atoms. The van der Waals surface area contributed by atoms with E-state index in [0.717, 1.165) is 16.7 Å². The van der Waals surface area contributed by atoms with Gasteiger partial charge in [0, 0.05) is 23.3 Å². The normalized spacial score (nSPS) is 10.3. The molecule has 0 N–H and O–H groups in total. The molecular formula is C14H12ClNO2. The second kappa shape index (κ2) is 5.76. The summed E-state index contributed by atoms with van der Waals surface area (Å²) in [6, 6.07) is 12.7. The SMILES string of the molecule is COCc1ccc(N=O)c(-c2ccccc2Cl)c1. The molecule has 0 spiro atoms. The van der Waals surface area contributed by atoms with E-state index >= 15 is 0 Å². The molecule has 0 fully saturated rings. The number of methoxy groups -OCH3 is 1. The first kappa shape index (κ1) is 12.7. The molecule has 0 bridgehead atoms. The number of ether oxygens (including phenoxy) is 1. The summed E-state index contributed by atoms with van der Waals surface area (Å²) >= 11 is 6.14. The van der Waals surface area contributed by atoms with Gasteiger partial charge in [-0.1, -0.05) is 35.9 Å². The molecule has 0 heterocycles. The molecule has 0 saturated carbocycles. The van der Waals surface area contributed by atoms with Gasteiger partial charge < -0.3 is 4.74 Å². The lowest BCUT2D eigenvalue weighted by Crippen LogP contribution is -1.89. The maximum Gasteiger partial charge on any atom is 0.115 e. The van der Waals surface area contributed by atoms with E-state index in [2.05, 4.69) is 5.18 Å². The molecule has 2 aromatic carbocycles. The third-order valence-corrected chi connectivity index (χ3v) is 2.96. The molecule has 0 saturated heterocycles. The average Bonchev–Trinajstić information content (AvgIpc) is 2.40. The predicted molar refractivity (Wildman–Crippen MR) is 73.1 cm³/mol. The summed E-state index contributed by atoms with van der Waals surface area (Å²) in [7, 11) is 1.63. The zero-order valence-electron chi connectivity index (χ0n) is 9.89. The highest BCUT2D eigenvalue weighted by molar-refractivity contribution is 6.33. The molecule has 0 radical (unpaired) electrons. The van der Waals surface area contributed by atoms with Gasteiger partial charge in [-0.25, -0.2) is 0 Å². The van der Waals surface area contributed by atoms with Crippen molar-refractivity contribution in [3.63, 3.8) is 0 Å². The Morgan fingerprint density at radius 2 is 1.94 bits per heavy atom. The number of hydrogen-bond donors (Lipinski definition) is 0. The number of halogens is 1. The highest BCUT2D eigenvalue weighted by Gasteiger charge is 2.10. The standard InChI is InChI=1S/C14H12ClNO2/c1-18-9-10-6-7-14(16-17)12(8-10)11-4-2-3-5-13(11)15/h2-8H,9H2,1H3. The van der Waals surface area contributed by atoms with Crippen LogP contribution in [0.4, 0.5) is 5.69 Å². The average molecular weight is 262 g/mol. The van der Waals surface area contributed by atoms with Crippen LogP contribution in [0.3, 0.4) is 0 Å². The van der Waals surface area contributed by atoms with E-state index in [1.807, 2.05) is 30.3 Å². The van der Waals surface area contributed by atoms with Gasteiger partial charge >= 0.3 is 0 Å². The van der Waals surface area contributed by atoms with Crippen LogP contribution in [0, 0.1) is 4.91 Å². The van der Waals surface area contributed by atoms with Crippen LogP contribution in [0.5, 0.6) is 0 Å². The molecule has 0 amide bonds.